The number of nitriles is 1. The molecule has 0 saturated heterocycles. The van der Waals surface area contributed by atoms with Crippen LogP contribution in [0.2, 0.25) is 0 Å². The van der Waals surface area contributed by atoms with Crippen molar-refractivity contribution in [3.05, 3.63) is 24.6 Å². The summed E-state index contributed by atoms with van der Waals surface area (Å²) in [6.07, 6.45) is 1.24. The molecule has 0 aliphatic heterocycles. The van der Waals surface area contributed by atoms with E-state index in [0.717, 1.165) is 0 Å². The fourth-order valence-electron chi connectivity index (χ4n) is 1.33. The third kappa shape index (κ3) is 1.90. The molecule has 82 valence electrons. The minimum Gasteiger partial charge on any atom is -0.443 e. The van der Waals surface area contributed by atoms with Crippen LogP contribution in [-0.4, -0.2) is 19.2 Å². The van der Waals surface area contributed by atoms with Gasteiger partial charge in [-0.25, -0.2) is 13.4 Å². The van der Waals surface area contributed by atoms with Gasteiger partial charge in [0.25, 0.3) is 0 Å². The van der Waals surface area contributed by atoms with Gasteiger partial charge in [0.1, 0.15) is 5.52 Å². The quantitative estimate of drug-likeness (QED) is 0.806. The number of hydrogen-bond donors (Lipinski definition) is 0. The summed E-state index contributed by atoms with van der Waals surface area (Å²) in [5.74, 6) is -0.177. The molecule has 1 aromatic carbocycles. The highest BCUT2D eigenvalue weighted by molar-refractivity contribution is 7.91. The van der Waals surface area contributed by atoms with Gasteiger partial charge in [-0.05, 0) is 12.1 Å². The van der Waals surface area contributed by atoms with E-state index in [1.807, 2.05) is 6.07 Å². The minimum absolute atomic E-state index is 0.0171. The van der Waals surface area contributed by atoms with Crippen LogP contribution < -0.4 is 0 Å². The second-order valence-electron chi connectivity index (χ2n) is 3.21. The second-order valence-corrected chi connectivity index (χ2v) is 5.32. The Kier molecular flexibility index (Phi) is 2.62. The lowest BCUT2D eigenvalue weighted by atomic mass is 10.3. The van der Waals surface area contributed by atoms with E-state index in [1.54, 1.807) is 6.07 Å². The van der Waals surface area contributed by atoms with Crippen molar-refractivity contribution < 1.29 is 12.8 Å². The first-order chi connectivity index (χ1) is 7.63. The first-order valence-corrected chi connectivity index (χ1v) is 6.22. The van der Waals surface area contributed by atoms with Crippen molar-refractivity contribution in [1.29, 1.82) is 5.26 Å². The summed E-state index contributed by atoms with van der Waals surface area (Å²) in [5, 5.41) is 8.37. The average Bonchev–Trinajstić information content (AvgIpc) is 2.73. The summed E-state index contributed by atoms with van der Waals surface area (Å²) in [6, 6.07) is 6.29. The van der Waals surface area contributed by atoms with Crippen molar-refractivity contribution in [3.63, 3.8) is 0 Å². The largest absolute Gasteiger partial charge is 0.443 e. The Balaban J connectivity index is 2.43. The first-order valence-electron chi connectivity index (χ1n) is 4.56. The Labute approximate surface area is 92.2 Å². The molecule has 0 fully saturated rings. The molecule has 1 aromatic heterocycles. The molecule has 0 N–H and O–H groups in total. The van der Waals surface area contributed by atoms with Crippen LogP contribution in [0.4, 0.5) is 0 Å². The third-order valence-corrected chi connectivity index (χ3v) is 3.86. The van der Waals surface area contributed by atoms with Crippen molar-refractivity contribution in [3.8, 4) is 6.07 Å². The fraction of sp³-hybridized carbons (Fsp3) is 0.200. The molecule has 1 heterocycles. The molecule has 0 amide bonds. The van der Waals surface area contributed by atoms with Gasteiger partial charge in [-0.2, -0.15) is 5.26 Å². The molecule has 5 nitrogen and oxygen atoms in total. The molecule has 0 saturated carbocycles. The minimum atomic E-state index is -3.40. The van der Waals surface area contributed by atoms with E-state index >= 15 is 0 Å². The topological polar surface area (TPSA) is 84.0 Å². The van der Waals surface area contributed by atoms with Crippen LogP contribution in [0.25, 0.3) is 11.1 Å². The van der Waals surface area contributed by atoms with Crippen molar-refractivity contribution in [1.82, 2.24) is 4.98 Å². The third-order valence-electron chi connectivity index (χ3n) is 2.14. The molecular weight excluding hydrogens is 228 g/mol. The molecule has 2 rings (SSSR count). The summed E-state index contributed by atoms with van der Waals surface area (Å²) in [7, 11) is -3.40. The predicted octanol–water partition coefficient (Wildman–Crippen LogP) is 1.52. The number of benzene rings is 1. The van der Waals surface area contributed by atoms with E-state index in [9.17, 15) is 8.42 Å². The van der Waals surface area contributed by atoms with Crippen LogP contribution in [-0.2, 0) is 9.84 Å². The van der Waals surface area contributed by atoms with Gasteiger partial charge in [0.2, 0.25) is 0 Å². The molecule has 0 aliphatic carbocycles. The van der Waals surface area contributed by atoms with Crippen LogP contribution in [0.1, 0.15) is 6.42 Å². The lowest BCUT2D eigenvalue weighted by Gasteiger charge is -2.00. The van der Waals surface area contributed by atoms with Gasteiger partial charge in [0, 0.05) is 12.5 Å². The molecule has 0 radical (unpaired) electrons. The van der Waals surface area contributed by atoms with Gasteiger partial charge in [-0.15, -0.1) is 0 Å². The van der Waals surface area contributed by atoms with E-state index in [-0.39, 0.29) is 17.1 Å². The Morgan fingerprint density at radius 3 is 3.00 bits per heavy atom. The van der Waals surface area contributed by atoms with E-state index in [4.69, 9.17) is 9.68 Å². The van der Waals surface area contributed by atoms with Crippen LogP contribution in [0, 0.1) is 11.3 Å². The van der Waals surface area contributed by atoms with Gasteiger partial charge >= 0.3 is 0 Å². The van der Waals surface area contributed by atoms with E-state index < -0.39 is 9.84 Å². The first kappa shape index (κ1) is 10.6. The Hall–Kier alpha value is -1.87. The summed E-state index contributed by atoms with van der Waals surface area (Å²) in [6.45, 7) is 0. The highest BCUT2D eigenvalue weighted by Gasteiger charge is 2.15. The van der Waals surface area contributed by atoms with Crippen molar-refractivity contribution >= 4 is 20.9 Å². The number of nitrogens with zero attached hydrogens (tertiary/aromatic N) is 2. The van der Waals surface area contributed by atoms with E-state index in [1.165, 1.54) is 18.5 Å². The lowest BCUT2D eigenvalue weighted by Crippen LogP contribution is -2.05. The Morgan fingerprint density at radius 1 is 1.44 bits per heavy atom. The van der Waals surface area contributed by atoms with E-state index in [2.05, 4.69) is 4.98 Å². The van der Waals surface area contributed by atoms with Gasteiger partial charge in [-0.1, -0.05) is 0 Å². The van der Waals surface area contributed by atoms with Gasteiger partial charge in [-0.3, -0.25) is 0 Å². The number of hydrogen-bond acceptors (Lipinski definition) is 5. The molecule has 0 aliphatic rings. The normalized spacial score (nSPS) is 11.4. The number of sulfone groups is 1. The van der Waals surface area contributed by atoms with Gasteiger partial charge < -0.3 is 4.42 Å². The molecule has 0 unspecified atom stereocenters. The summed E-state index contributed by atoms with van der Waals surface area (Å²) in [4.78, 5) is 4.05. The van der Waals surface area contributed by atoms with Crippen molar-refractivity contribution in [2.75, 3.05) is 5.75 Å². The van der Waals surface area contributed by atoms with Crippen LogP contribution >= 0.6 is 0 Å². The molecular formula is C10H8N2O3S. The zero-order valence-electron chi connectivity index (χ0n) is 8.25. The second kappa shape index (κ2) is 3.94. The highest BCUT2D eigenvalue weighted by Crippen LogP contribution is 2.19. The van der Waals surface area contributed by atoms with Crippen molar-refractivity contribution in [2.24, 2.45) is 0 Å². The Bertz CT molecular complexity index is 652. The zero-order valence-corrected chi connectivity index (χ0v) is 9.07. The predicted molar refractivity (Wildman–Crippen MR) is 56.3 cm³/mol. The number of aromatic nitrogens is 1. The molecule has 6 heteroatoms. The zero-order chi connectivity index (χ0) is 11.6. The van der Waals surface area contributed by atoms with Gasteiger partial charge in [0.15, 0.2) is 21.8 Å². The highest BCUT2D eigenvalue weighted by atomic mass is 32.2. The molecule has 16 heavy (non-hydrogen) atoms. The monoisotopic (exact) mass is 236 g/mol. The Morgan fingerprint density at radius 2 is 2.25 bits per heavy atom. The van der Waals surface area contributed by atoms with Gasteiger partial charge in [0.05, 0.1) is 16.7 Å². The fourth-order valence-corrected chi connectivity index (χ4v) is 2.48. The van der Waals surface area contributed by atoms with E-state index in [0.29, 0.717) is 11.1 Å². The average molecular weight is 236 g/mol. The van der Waals surface area contributed by atoms with Crippen molar-refractivity contribution in [2.45, 2.75) is 11.3 Å². The summed E-state index contributed by atoms with van der Waals surface area (Å²) >= 11 is 0. The lowest BCUT2D eigenvalue weighted by molar-refractivity contribution is 0.591. The number of rotatable bonds is 3. The maximum atomic E-state index is 11.7. The number of fused-ring (bicyclic) bond motifs is 1. The van der Waals surface area contributed by atoms with Crippen LogP contribution in [0.5, 0.6) is 0 Å². The standard InChI is InChI=1S/C10H8N2O3S/c11-4-1-5-16(13,14)8-2-3-9-10(6-8)15-7-12-9/h2-3,6-7H,1,5H2. The smallest absolute Gasteiger partial charge is 0.181 e. The van der Waals surface area contributed by atoms with Crippen LogP contribution in [0.3, 0.4) is 0 Å². The molecule has 0 spiro atoms. The molecule has 0 bridgehead atoms. The molecule has 2 aromatic rings. The summed E-state index contributed by atoms with van der Waals surface area (Å²) in [5.41, 5.74) is 1.04. The number of oxazole rings is 1. The summed E-state index contributed by atoms with van der Waals surface area (Å²) < 4.78 is 28.5. The molecule has 0 atom stereocenters. The maximum absolute atomic E-state index is 11.7. The maximum Gasteiger partial charge on any atom is 0.181 e. The SMILES string of the molecule is N#CCCS(=O)(=O)c1ccc2ncoc2c1. The van der Waals surface area contributed by atoms with Crippen LogP contribution in [0.15, 0.2) is 33.9 Å².